The van der Waals surface area contributed by atoms with Crippen molar-refractivity contribution >= 4 is 0 Å². The molecule has 0 saturated carbocycles. The van der Waals surface area contributed by atoms with Crippen LogP contribution >= 0.6 is 0 Å². The summed E-state index contributed by atoms with van der Waals surface area (Å²) in [7, 11) is 0. The molecule has 0 spiro atoms. The van der Waals surface area contributed by atoms with E-state index in [1.54, 1.807) is 0 Å². The number of phenols is 2. The molecule has 2 N–H and O–H groups in total. The Balaban J connectivity index is 2.29. The summed E-state index contributed by atoms with van der Waals surface area (Å²) in [5, 5.41) is 18.3. The van der Waals surface area contributed by atoms with Crippen LogP contribution < -0.4 is 0 Å². The predicted octanol–water partition coefficient (Wildman–Crippen LogP) is 3.99. The van der Waals surface area contributed by atoms with Gasteiger partial charge in [0.05, 0.1) is 5.92 Å². The number of aromatic hydroxyl groups is 2. The summed E-state index contributed by atoms with van der Waals surface area (Å²) in [5.41, 5.74) is 0.585. The van der Waals surface area contributed by atoms with Gasteiger partial charge in [-0.25, -0.2) is 0 Å². The van der Waals surface area contributed by atoms with Crippen molar-refractivity contribution in [2.75, 3.05) is 0 Å². The molecule has 0 amide bonds. The molecule has 5 heteroatoms. The Morgan fingerprint density at radius 2 is 1.25 bits per heavy atom. The fourth-order valence-electron chi connectivity index (χ4n) is 2.00. The van der Waals surface area contributed by atoms with E-state index in [0.717, 1.165) is 0 Å². The van der Waals surface area contributed by atoms with Gasteiger partial charge in [0, 0.05) is 0 Å². The molecule has 0 fully saturated rings. The van der Waals surface area contributed by atoms with Gasteiger partial charge in [-0.3, -0.25) is 0 Å². The van der Waals surface area contributed by atoms with Crippen LogP contribution in [0.3, 0.4) is 0 Å². The second kappa shape index (κ2) is 5.45. The van der Waals surface area contributed by atoms with Gasteiger partial charge in [0.1, 0.15) is 11.5 Å². The molecule has 0 radical (unpaired) electrons. The zero-order valence-corrected chi connectivity index (χ0v) is 10.4. The molecule has 0 aliphatic heterocycles. The lowest BCUT2D eigenvalue weighted by atomic mass is 9.91. The van der Waals surface area contributed by atoms with Crippen LogP contribution in [0.4, 0.5) is 13.2 Å². The smallest absolute Gasteiger partial charge is 0.396 e. The Labute approximate surface area is 114 Å². The molecule has 1 unspecified atom stereocenters. The zero-order valence-electron chi connectivity index (χ0n) is 10.4. The minimum absolute atomic E-state index is 0.0157. The van der Waals surface area contributed by atoms with Crippen molar-refractivity contribution in [1.29, 1.82) is 0 Å². The summed E-state index contributed by atoms with van der Waals surface area (Å²) in [4.78, 5) is 0. The van der Waals surface area contributed by atoms with Gasteiger partial charge in [0.25, 0.3) is 0 Å². The van der Waals surface area contributed by atoms with Gasteiger partial charge in [-0.1, -0.05) is 24.3 Å². The average molecular weight is 282 g/mol. The highest BCUT2D eigenvalue weighted by Gasteiger charge is 2.40. The Kier molecular flexibility index (Phi) is 3.88. The largest absolute Gasteiger partial charge is 0.508 e. The van der Waals surface area contributed by atoms with Gasteiger partial charge >= 0.3 is 6.18 Å². The highest BCUT2D eigenvalue weighted by atomic mass is 19.4. The summed E-state index contributed by atoms with van der Waals surface area (Å²) < 4.78 is 39.5. The van der Waals surface area contributed by atoms with E-state index >= 15 is 0 Å². The van der Waals surface area contributed by atoms with Crippen LogP contribution in [-0.2, 0) is 6.42 Å². The van der Waals surface area contributed by atoms with E-state index < -0.39 is 12.1 Å². The minimum atomic E-state index is -4.38. The molecule has 106 valence electrons. The van der Waals surface area contributed by atoms with Crippen molar-refractivity contribution in [3.63, 3.8) is 0 Å². The molecule has 20 heavy (non-hydrogen) atoms. The number of hydrogen-bond acceptors (Lipinski definition) is 2. The SMILES string of the molecule is Oc1ccc(CC(c2ccc(O)cc2)C(F)(F)F)cc1. The first-order valence-electron chi connectivity index (χ1n) is 6.00. The lowest BCUT2D eigenvalue weighted by Crippen LogP contribution is -2.22. The van der Waals surface area contributed by atoms with Crippen LogP contribution in [0.15, 0.2) is 48.5 Å². The Morgan fingerprint density at radius 1 is 0.800 bits per heavy atom. The molecule has 2 rings (SSSR count). The second-order valence-corrected chi connectivity index (χ2v) is 4.56. The van der Waals surface area contributed by atoms with E-state index in [-0.39, 0.29) is 23.5 Å². The quantitative estimate of drug-likeness (QED) is 0.893. The summed E-state index contributed by atoms with van der Waals surface area (Å²) >= 11 is 0. The molecule has 2 nitrogen and oxygen atoms in total. The summed E-state index contributed by atoms with van der Waals surface area (Å²) in [5.74, 6) is -1.70. The number of halogens is 3. The predicted molar refractivity (Wildman–Crippen MR) is 68.7 cm³/mol. The molecule has 1 atom stereocenters. The van der Waals surface area contributed by atoms with Gasteiger partial charge in [0.2, 0.25) is 0 Å². The second-order valence-electron chi connectivity index (χ2n) is 4.56. The number of benzene rings is 2. The monoisotopic (exact) mass is 282 g/mol. The molecule has 0 aliphatic carbocycles. The maximum Gasteiger partial charge on any atom is 0.396 e. The molecule has 2 aromatic carbocycles. The van der Waals surface area contributed by atoms with E-state index in [4.69, 9.17) is 10.2 Å². The molecule has 0 aliphatic rings. The molecule has 0 saturated heterocycles. The Morgan fingerprint density at radius 3 is 1.70 bits per heavy atom. The van der Waals surface area contributed by atoms with Crippen molar-refractivity contribution in [3.05, 3.63) is 59.7 Å². The van der Waals surface area contributed by atoms with Crippen LogP contribution in [0, 0.1) is 0 Å². The van der Waals surface area contributed by atoms with Crippen LogP contribution in [-0.4, -0.2) is 16.4 Å². The maximum atomic E-state index is 13.2. The number of hydrogen-bond donors (Lipinski definition) is 2. The van der Waals surface area contributed by atoms with Crippen molar-refractivity contribution in [2.45, 2.75) is 18.5 Å². The zero-order chi connectivity index (χ0) is 14.8. The maximum absolute atomic E-state index is 13.2. The number of phenolic OH excluding ortho intramolecular Hbond substituents is 2. The molecule has 0 heterocycles. The van der Waals surface area contributed by atoms with E-state index in [1.165, 1.54) is 48.5 Å². The molecular weight excluding hydrogens is 269 g/mol. The summed E-state index contributed by atoms with van der Waals surface area (Å²) in [6.45, 7) is 0. The third-order valence-electron chi connectivity index (χ3n) is 3.07. The summed E-state index contributed by atoms with van der Waals surface area (Å²) in [6, 6.07) is 10.7. The summed E-state index contributed by atoms with van der Waals surface area (Å²) in [6.07, 6.45) is -4.59. The van der Waals surface area contributed by atoms with Crippen molar-refractivity contribution < 1.29 is 23.4 Å². The lowest BCUT2D eigenvalue weighted by Gasteiger charge is -2.21. The third kappa shape index (κ3) is 3.44. The van der Waals surface area contributed by atoms with Crippen molar-refractivity contribution in [3.8, 4) is 11.5 Å². The van der Waals surface area contributed by atoms with Crippen LogP contribution in [0.2, 0.25) is 0 Å². The standard InChI is InChI=1S/C15H13F3O2/c16-15(17,18)14(11-3-7-13(20)8-4-11)9-10-1-5-12(19)6-2-10/h1-8,14,19-20H,9H2. The Hall–Kier alpha value is -2.17. The Bertz CT molecular complexity index is 559. The first-order chi connectivity index (χ1) is 9.36. The first-order valence-corrected chi connectivity index (χ1v) is 6.00. The lowest BCUT2D eigenvalue weighted by molar-refractivity contribution is -0.150. The number of rotatable bonds is 3. The minimum Gasteiger partial charge on any atom is -0.508 e. The third-order valence-corrected chi connectivity index (χ3v) is 3.07. The normalized spacial score (nSPS) is 13.2. The number of alkyl halides is 3. The van der Waals surface area contributed by atoms with Crippen LogP contribution in [0.1, 0.15) is 17.0 Å². The van der Waals surface area contributed by atoms with Crippen molar-refractivity contribution in [2.24, 2.45) is 0 Å². The first kappa shape index (κ1) is 14.2. The van der Waals surface area contributed by atoms with Gasteiger partial charge in [-0.15, -0.1) is 0 Å². The molecular formula is C15H13F3O2. The topological polar surface area (TPSA) is 40.5 Å². The van der Waals surface area contributed by atoms with Crippen LogP contribution in [0.25, 0.3) is 0 Å². The average Bonchev–Trinajstić information content (AvgIpc) is 2.38. The van der Waals surface area contributed by atoms with E-state index in [1.807, 2.05) is 0 Å². The highest BCUT2D eigenvalue weighted by Crippen LogP contribution is 2.38. The van der Waals surface area contributed by atoms with Gasteiger partial charge in [-0.2, -0.15) is 13.2 Å². The van der Waals surface area contributed by atoms with Crippen LogP contribution in [0.5, 0.6) is 11.5 Å². The van der Waals surface area contributed by atoms with E-state index in [2.05, 4.69) is 0 Å². The van der Waals surface area contributed by atoms with E-state index in [0.29, 0.717) is 5.56 Å². The fraction of sp³-hybridized carbons (Fsp3) is 0.200. The van der Waals surface area contributed by atoms with E-state index in [9.17, 15) is 13.2 Å². The van der Waals surface area contributed by atoms with Gasteiger partial charge < -0.3 is 10.2 Å². The fourth-order valence-corrected chi connectivity index (χ4v) is 2.00. The van der Waals surface area contributed by atoms with Crippen molar-refractivity contribution in [1.82, 2.24) is 0 Å². The highest BCUT2D eigenvalue weighted by molar-refractivity contribution is 5.32. The van der Waals surface area contributed by atoms with Gasteiger partial charge in [0.15, 0.2) is 0 Å². The molecule has 0 bridgehead atoms. The van der Waals surface area contributed by atoms with Gasteiger partial charge in [-0.05, 0) is 41.8 Å². The molecule has 2 aromatic rings. The molecule has 0 aromatic heterocycles.